The quantitative estimate of drug-likeness (QED) is 0.381. The zero-order valence-electron chi connectivity index (χ0n) is 18.6. The Morgan fingerprint density at radius 3 is 2.76 bits per heavy atom. The number of aryl methyl sites for hydroxylation is 1. The van der Waals surface area contributed by atoms with Crippen LogP contribution >= 0.6 is 0 Å². The van der Waals surface area contributed by atoms with E-state index in [1.54, 1.807) is 44.4 Å². The van der Waals surface area contributed by atoms with Crippen LogP contribution < -0.4 is 14.8 Å². The first-order valence-electron chi connectivity index (χ1n) is 10.6. The van der Waals surface area contributed by atoms with E-state index in [1.807, 2.05) is 35.0 Å². The SMILES string of the molecule is COc1ccc(NC(=O)c2cc(C)nc3cc(F)ccc23)cc1OCc1cn2ccccc2n1. The van der Waals surface area contributed by atoms with Crippen LogP contribution in [0.1, 0.15) is 21.7 Å². The molecule has 2 aromatic carbocycles. The Labute approximate surface area is 194 Å². The van der Waals surface area contributed by atoms with E-state index < -0.39 is 5.82 Å². The fraction of sp³-hybridized carbons (Fsp3) is 0.115. The number of hydrogen-bond donors (Lipinski definition) is 1. The molecule has 1 N–H and O–H groups in total. The molecule has 34 heavy (non-hydrogen) atoms. The van der Waals surface area contributed by atoms with Crippen molar-refractivity contribution in [2.45, 2.75) is 13.5 Å². The van der Waals surface area contributed by atoms with E-state index in [-0.39, 0.29) is 12.5 Å². The van der Waals surface area contributed by atoms with Gasteiger partial charge in [-0.1, -0.05) is 6.07 Å². The number of aromatic nitrogens is 3. The zero-order valence-corrected chi connectivity index (χ0v) is 18.6. The average molecular weight is 456 g/mol. The molecule has 0 bridgehead atoms. The van der Waals surface area contributed by atoms with E-state index in [4.69, 9.17) is 9.47 Å². The minimum atomic E-state index is -0.403. The number of rotatable bonds is 6. The van der Waals surface area contributed by atoms with Crippen LogP contribution in [-0.4, -0.2) is 27.4 Å². The van der Waals surface area contributed by atoms with Crippen molar-refractivity contribution in [2.24, 2.45) is 0 Å². The van der Waals surface area contributed by atoms with Crippen molar-refractivity contribution in [3.8, 4) is 11.5 Å². The molecule has 5 rings (SSSR count). The van der Waals surface area contributed by atoms with Gasteiger partial charge in [-0.15, -0.1) is 0 Å². The van der Waals surface area contributed by atoms with Crippen LogP contribution in [0.3, 0.4) is 0 Å². The van der Waals surface area contributed by atoms with Gasteiger partial charge in [-0.05, 0) is 49.4 Å². The van der Waals surface area contributed by atoms with Crippen molar-refractivity contribution < 1.29 is 18.7 Å². The number of benzene rings is 2. The summed E-state index contributed by atoms with van der Waals surface area (Å²) in [6.07, 6.45) is 3.81. The molecule has 0 fully saturated rings. The fourth-order valence-corrected chi connectivity index (χ4v) is 3.80. The Balaban J connectivity index is 1.39. The molecule has 0 unspecified atom stereocenters. The third-order valence-corrected chi connectivity index (χ3v) is 5.36. The van der Waals surface area contributed by atoms with Crippen molar-refractivity contribution in [3.63, 3.8) is 0 Å². The first-order chi connectivity index (χ1) is 16.5. The normalized spacial score (nSPS) is 11.0. The molecular formula is C26H21FN4O3. The Morgan fingerprint density at radius 2 is 1.94 bits per heavy atom. The molecule has 3 aromatic heterocycles. The number of carbonyl (C=O) groups excluding carboxylic acids is 1. The van der Waals surface area contributed by atoms with Crippen LogP contribution in [0.25, 0.3) is 16.6 Å². The summed E-state index contributed by atoms with van der Waals surface area (Å²) in [5.41, 5.74) is 3.57. The monoisotopic (exact) mass is 456 g/mol. The van der Waals surface area contributed by atoms with Crippen LogP contribution in [0.4, 0.5) is 10.1 Å². The molecule has 0 atom stereocenters. The third kappa shape index (κ3) is 4.25. The Morgan fingerprint density at radius 1 is 1.06 bits per heavy atom. The summed E-state index contributed by atoms with van der Waals surface area (Å²) in [5, 5.41) is 3.46. The number of amides is 1. The second-order valence-corrected chi connectivity index (χ2v) is 7.78. The second kappa shape index (κ2) is 8.82. The molecule has 0 aliphatic carbocycles. The van der Waals surface area contributed by atoms with E-state index in [0.29, 0.717) is 39.3 Å². The number of nitrogens with zero attached hydrogens (tertiary/aromatic N) is 3. The van der Waals surface area contributed by atoms with Gasteiger partial charge < -0.3 is 19.2 Å². The van der Waals surface area contributed by atoms with E-state index in [9.17, 15) is 9.18 Å². The van der Waals surface area contributed by atoms with Gasteiger partial charge in [-0.25, -0.2) is 9.37 Å². The van der Waals surface area contributed by atoms with Crippen LogP contribution in [0.2, 0.25) is 0 Å². The summed E-state index contributed by atoms with van der Waals surface area (Å²) < 4.78 is 26.9. The number of anilines is 1. The minimum Gasteiger partial charge on any atom is -0.493 e. The van der Waals surface area contributed by atoms with Crippen molar-refractivity contribution in [1.29, 1.82) is 0 Å². The highest BCUT2D eigenvalue weighted by molar-refractivity contribution is 6.12. The van der Waals surface area contributed by atoms with Gasteiger partial charge in [-0.3, -0.25) is 9.78 Å². The highest BCUT2D eigenvalue weighted by Crippen LogP contribution is 2.31. The van der Waals surface area contributed by atoms with Crippen LogP contribution in [-0.2, 0) is 6.61 Å². The van der Waals surface area contributed by atoms with Crippen LogP contribution in [0.15, 0.2) is 73.1 Å². The standard InChI is InChI=1S/C26H21FN4O3/c1-16-11-21(20-8-6-17(27)12-22(20)28-16)26(32)30-18-7-9-23(33-2)24(13-18)34-15-19-14-31-10-4-3-5-25(31)29-19/h3-14H,15H2,1-2H3,(H,30,32). The van der Waals surface area contributed by atoms with Gasteiger partial charge in [0.15, 0.2) is 11.5 Å². The van der Waals surface area contributed by atoms with Gasteiger partial charge in [0, 0.05) is 41.3 Å². The summed E-state index contributed by atoms with van der Waals surface area (Å²) in [6, 6.07) is 16.8. The molecule has 5 aromatic rings. The molecule has 0 radical (unpaired) electrons. The lowest BCUT2D eigenvalue weighted by Gasteiger charge is -2.13. The summed E-state index contributed by atoms with van der Waals surface area (Å²) in [7, 11) is 1.55. The number of hydrogen-bond acceptors (Lipinski definition) is 5. The maximum Gasteiger partial charge on any atom is 0.256 e. The van der Waals surface area contributed by atoms with Crippen molar-refractivity contribution in [2.75, 3.05) is 12.4 Å². The fourth-order valence-electron chi connectivity index (χ4n) is 3.80. The summed E-state index contributed by atoms with van der Waals surface area (Å²) in [4.78, 5) is 22.0. The van der Waals surface area contributed by atoms with E-state index in [0.717, 1.165) is 11.3 Å². The molecule has 0 saturated heterocycles. The average Bonchev–Trinajstić information content (AvgIpc) is 3.25. The van der Waals surface area contributed by atoms with E-state index in [2.05, 4.69) is 15.3 Å². The number of methoxy groups -OCH3 is 1. The van der Waals surface area contributed by atoms with Gasteiger partial charge in [0.05, 0.1) is 23.9 Å². The summed E-state index contributed by atoms with van der Waals surface area (Å²) >= 11 is 0. The molecular weight excluding hydrogens is 435 g/mol. The van der Waals surface area contributed by atoms with Gasteiger partial charge in [-0.2, -0.15) is 0 Å². The van der Waals surface area contributed by atoms with Gasteiger partial charge >= 0.3 is 0 Å². The molecule has 0 saturated carbocycles. The minimum absolute atomic E-state index is 0.231. The number of pyridine rings is 2. The number of ether oxygens (including phenoxy) is 2. The first-order valence-corrected chi connectivity index (χ1v) is 10.6. The summed E-state index contributed by atoms with van der Waals surface area (Å²) in [5.74, 6) is 0.260. The highest BCUT2D eigenvalue weighted by Gasteiger charge is 2.15. The van der Waals surface area contributed by atoms with E-state index in [1.165, 1.54) is 12.1 Å². The lowest BCUT2D eigenvalue weighted by atomic mass is 10.1. The van der Waals surface area contributed by atoms with Gasteiger partial charge in [0.1, 0.15) is 18.1 Å². The second-order valence-electron chi connectivity index (χ2n) is 7.78. The molecule has 1 amide bonds. The smallest absolute Gasteiger partial charge is 0.256 e. The number of halogens is 1. The first kappa shape index (κ1) is 21.4. The van der Waals surface area contributed by atoms with Crippen molar-refractivity contribution >= 4 is 28.1 Å². The van der Waals surface area contributed by atoms with E-state index >= 15 is 0 Å². The molecule has 7 nitrogen and oxygen atoms in total. The summed E-state index contributed by atoms with van der Waals surface area (Å²) in [6.45, 7) is 2.00. The number of imidazole rings is 1. The molecule has 0 aliphatic rings. The predicted molar refractivity (Wildman–Crippen MR) is 127 cm³/mol. The van der Waals surface area contributed by atoms with Gasteiger partial charge in [0.25, 0.3) is 5.91 Å². The largest absolute Gasteiger partial charge is 0.493 e. The van der Waals surface area contributed by atoms with Crippen LogP contribution in [0.5, 0.6) is 11.5 Å². The maximum absolute atomic E-state index is 13.6. The zero-order chi connectivity index (χ0) is 23.7. The third-order valence-electron chi connectivity index (χ3n) is 5.36. The molecule has 3 heterocycles. The molecule has 170 valence electrons. The van der Waals surface area contributed by atoms with Crippen molar-refractivity contribution in [1.82, 2.24) is 14.4 Å². The molecule has 8 heteroatoms. The predicted octanol–water partition coefficient (Wildman–Crippen LogP) is 5.17. The Hall–Kier alpha value is -4.46. The Kier molecular flexibility index (Phi) is 5.55. The topological polar surface area (TPSA) is 77.8 Å². The van der Waals surface area contributed by atoms with Crippen LogP contribution in [0, 0.1) is 12.7 Å². The molecule has 0 aliphatic heterocycles. The number of nitrogens with one attached hydrogen (secondary N) is 1. The number of carbonyl (C=O) groups is 1. The maximum atomic E-state index is 13.6. The lowest BCUT2D eigenvalue weighted by Crippen LogP contribution is -2.13. The molecule has 0 spiro atoms. The van der Waals surface area contributed by atoms with Crippen molar-refractivity contribution in [3.05, 3.63) is 95.8 Å². The Bertz CT molecular complexity index is 1490. The lowest BCUT2D eigenvalue weighted by molar-refractivity contribution is 0.102. The number of fused-ring (bicyclic) bond motifs is 2. The highest BCUT2D eigenvalue weighted by atomic mass is 19.1. The van der Waals surface area contributed by atoms with Gasteiger partial charge in [0.2, 0.25) is 0 Å².